The number of halogens is 3. The number of nitrogens with one attached hydrogen (secondary N) is 1. The third-order valence-electron chi connectivity index (χ3n) is 1.86. The number of hydrogen-bond donors (Lipinski definition) is 1. The predicted molar refractivity (Wildman–Crippen MR) is 49.0 cm³/mol. The summed E-state index contributed by atoms with van der Waals surface area (Å²) in [6, 6.07) is 4.38. The van der Waals surface area contributed by atoms with E-state index in [-0.39, 0.29) is 12.1 Å². The Bertz CT molecular complexity index is 366. The number of benzene rings is 1. The molecule has 0 aliphatic heterocycles. The highest BCUT2D eigenvalue weighted by Crippen LogP contribution is 2.09. The van der Waals surface area contributed by atoms with E-state index in [0.29, 0.717) is 0 Å². The maximum absolute atomic E-state index is 13.2. The van der Waals surface area contributed by atoms with Crippen molar-refractivity contribution in [3.05, 3.63) is 35.1 Å². The van der Waals surface area contributed by atoms with Crippen LogP contribution < -0.4 is 5.32 Å². The number of amides is 1. The van der Waals surface area contributed by atoms with Crippen LogP contribution in [0.4, 0.5) is 13.2 Å². The van der Waals surface area contributed by atoms with E-state index >= 15 is 0 Å². The lowest BCUT2D eigenvalue weighted by atomic mass is 10.1. The van der Waals surface area contributed by atoms with Crippen molar-refractivity contribution < 1.29 is 18.0 Å². The van der Waals surface area contributed by atoms with E-state index in [0.717, 1.165) is 5.56 Å². The summed E-state index contributed by atoms with van der Waals surface area (Å²) < 4.78 is 36.7. The monoisotopic (exact) mass is 217 g/mol. The molecule has 1 aromatic carbocycles. The summed E-state index contributed by atoms with van der Waals surface area (Å²) >= 11 is 0. The number of carbonyl (C=O) groups excluding carboxylic acids is 1. The van der Waals surface area contributed by atoms with Gasteiger partial charge in [0.15, 0.2) is 0 Å². The molecule has 15 heavy (non-hydrogen) atoms. The molecule has 0 fully saturated rings. The molecule has 82 valence electrons. The van der Waals surface area contributed by atoms with Gasteiger partial charge in [-0.25, -0.2) is 4.39 Å². The van der Waals surface area contributed by atoms with Crippen molar-refractivity contribution in [2.24, 2.45) is 0 Å². The normalized spacial score (nSPS) is 10.5. The van der Waals surface area contributed by atoms with E-state index < -0.39 is 18.1 Å². The van der Waals surface area contributed by atoms with Crippen molar-refractivity contribution in [1.29, 1.82) is 0 Å². The van der Waals surface area contributed by atoms with E-state index in [1.165, 1.54) is 12.1 Å². The summed E-state index contributed by atoms with van der Waals surface area (Å²) in [6.45, 7) is 1.49. The van der Waals surface area contributed by atoms with E-state index in [9.17, 15) is 18.0 Å². The summed E-state index contributed by atoms with van der Waals surface area (Å²) in [7, 11) is 0. The van der Waals surface area contributed by atoms with Crippen LogP contribution in [-0.2, 0) is 11.3 Å². The molecular formula is C10H10F3NO. The Labute approximate surface area is 85.1 Å². The number of hydrogen-bond acceptors (Lipinski definition) is 1. The smallest absolute Gasteiger partial charge is 0.315 e. The van der Waals surface area contributed by atoms with E-state index in [1.807, 2.05) is 5.32 Å². The van der Waals surface area contributed by atoms with Gasteiger partial charge in [-0.05, 0) is 18.6 Å². The molecular weight excluding hydrogens is 207 g/mol. The Morgan fingerprint density at radius 3 is 2.67 bits per heavy atom. The van der Waals surface area contributed by atoms with Crippen molar-refractivity contribution in [3.63, 3.8) is 0 Å². The maximum atomic E-state index is 13.2. The molecule has 2 nitrogen and oxygen atoms in total. The molecule has 0 unspecified atom stereocenters. The van der Waals surface area contributed by atoms with Crippen LogP contribution in [0.1, 0.15) is 11.1 Å². The molecule has 0 spiro atoms. The fraction of sp³-hybridized carbons (Fsp3) is 0.300. The molecule has 5 heteroatoms. The van der Waals surface area contributed by atoms with Crippen LogP contribution >= 0.6 is 0 Å². The summed E-state index contributed by atoms with van der Waals surface area (Å²) in [5.74, 6) is -1.90. The molecule has 0 atom stereocenters. The average molecular weight is 217 g/mol. The predicted octanol–water partition coefficient (Wildman–Crippen LogP) is 2.02. The SMILES string of the molecule is Cc1ccc(CNC(=O)C(F)F)c(F)c1. The third kappa shape index (κ3) is 3.27. The number of aryl methyl sites for hydroxylation is 1. The van der Waals surface area contributed by atoms with E-state index in [1.54, 1.807) is 13.0 Å². The van der Waals surface area contributed by atoms with Gasteiger partial charge in [0.05, 0.1) is 0 Å². The van der Waals surface area contributed by atoms with Gasteiger partial charge < -0.3 is 5.32 Å². The first kappa shape index (κ1) is 11.6. The molecule has 0 saturated heterocycles. The van der Waals surface area contributed by atoms with Gasteiger partial charge in [0.1, 0.15) is 5.82 Å². The zero-order valence-corrected chi connectivity index (χ0v) is 8.06. The molecule has 1 amide bonds. The van der Waals surface area contributed by atoms with Crippen LogP contribution in [0.5, 0.6) is 0 Å². The highest BCUT2D eigenvalue weighted by Gasteiger charge is 2.14. The molecule has 0 bridgehead atoms. The van der Waals surface area contributed by atoms with Gasteiger partial charge in [-0.2, -0.15) is 8.78 Å². The van der Waals surface area contributed by atoms with Crippen LogP contribution in [0.25, 0.3) is 0 Å². The Morgan fingerprint density at radius 1 is 1.47 bits per heavy atom. The average Bonchev–Trinajstić information content (AvgIpc) is 2.15. The second kappa shape index (κ2) is 4.82. The van der Waals surface area contributed by atoms with Crippen molar-refractivity contribution >= 4 is 5.91 Å². The lowest BCUT2D eigenvalue weighted by molar-refractivity contribution is -0.131. The standard InChI is InChI=1S/C10H10F3NO/c1-6-2-3-7(8(11)4-6)5-14-10(15)9(12)13/h2-4,9H,5H2,1H3,(H,14,15). The molecule has 0 aliphatic carbocycles. The molecule has 0 aromatic heterocycles. The van der Waals surface area contributed by atoms with Crippen LogP contribution in [-0.4, -0.2) is 12.3 Å². The Morgan fingerprint density at radius 2 is 2.13 bits per heavy atom. The Hall–Kier alpha value is -1.52. The molecule has 0 radical (unpaired) electrons. The number of rotatable bonds is 3. The van der Waals surface area contributed by atoms with Gasteiger partial charge in [0, 0.05) is 12.1 Å². The second-order valence-electron chi connectivity index (χ2n) is 3.11. The highest BCUT2D eigenvalue weighted by molar-refractivity contribution is 5.79. The van der Waals surface area contributed by atoms with Crippen LogP contribution in [0, 0.1) is 12.7 Å². The lowest BCUT2D eigenvalue weighted by Crippen LogP contribution is -2.29. The molecule has 0 aliphatic rings. The van der Waals surface area contributed by atoms with Crippen molar-refractivity contribution in [3.8, 4) is 0 Å². The summed E-state index contributed by atoms with van der Waals surface area (Å²) in [5.41, 5.74) is 0.922. The third-order valence-corrected chi connectivity index (χ3v) is 1.86. The fourth-order valence-corrected chi connectivity index (χ4v) is 1.06. The molecule has 0 saturated carbocycles. The highest BCUT2D eigenvalue weighted by atomic mass is 19.3. The number of carbonyl (C=O) groups is 1. The van der Waals surface area contributed by atoms with Gasteiger partial charge in [0.2, 0.25) is 0 Å². The Balaban J connectivity index is 2.62. The van der Waals surface area contributed by atoms with E-state index in [4.69, 9.17) is 0 Å². The molecule has 0 heterocycles. The van der Waals surface area contributed by atoms with Crippen LogP contribution in [0.15, 0.2) is 18.2 Å². The Kier molecular flexibility index (Phi) is 3.71. The first-order valence-electron chi connectivity index (χ1n) is 4.31. The van der Waals surface area contributed by atoms with Crippen LogP contribution in [0.3, 0.4) is 0 Å². The van der Waals surface area contributed by atoms with Crippen LogP contribution in [0.2, 0.25) is 0 Å². The molecule has 1 rings (SSSR count). The molecule has 1 N–H and O–H groups in total. The minimum atomic E-state index is -3.07. The van der Waals surface area contributed by atoms with E-state index in [2.05, 4.69) is 0 Å². The summed E-state index contributed by atoms with van der Waals surface area (Å²) in [6.07, 6.45) is -3.07. The fourth-order valence-electron chi connectivity index (χ4n) is 1.06. The quantitative estimate of drug-likeness (QED) is 0.824. The minimum Gasteiger partial charge on any atom is -0.347 e. The lowest BCUT2D eigenvalue weighted by Gasteiger charge is -2.06. The first-order valence-corrected chi connectivity index (χ1v) is 4.31. The maximum Gasteiger partial charge on any atom is 0.315 e. The zero-order chi connectivity index (χ0) is 11.4. The minimum absolute atomic E-state index is 0.189. The van der Waals surface area contributed by atoms with Gasteiger partial charge >= 0.3 is 6.43 Å². The number of alkyl halides is 2. The van der Waals surface area contributed by atoms with Gasteiger partial charge in [0.25, 0.3) is 5.91 Å². The largest absolute Gasteiger partial charge is 0.347 e. The van der Waals surface area contributed by atoms with Crippen molar-refractivity contribution in [2.75, 3.05) is 0 Å². The molecule has 1 aromatic rings. The van der Waals surface area contributed by atoms with Gasteiger partial charge in [-0.1, -0.05) is 12.1 Å². The van der Waals surface area contributed by atoms with Crippen molar-refractivity contribution in [1.82, 2.24) is 5.32 Å². The first-order chi connectivity index (χ1) is 7.00. The van der Waals surface area contributed by atoms with Gasteiger partial charge in [-0.3, -0.25) is 4.79 Å². The second-order valence-corrected chi connectivity index (χ2v) is 3.11. The van der Waals surface area contributed by atoms with Gasteiger partial charge in [-0.15, -0.1) is 0 Å². The zero-order valence-electron chi connectivity index (χ0n) is 8.06. The van der Waals surface area contributed by atoms with Crippen molar-refractivity contribution in [2.45, 2.75) is 19.9 Å². The summed E-state index contributed by atoms with van der Waals surface area (Å²) in [4.78, 5) is 10.5. The summed E-state index contributed by atoms with van der Waals surface area (Å²) in [5, 5.41) is 1.93. The topological polar surface area (TPSA) is 29.1 Å².